The number of hydrogen-bond donors (Lipinski definition) is 1. The van der Waals surface area contributed by atoms with Crippen molar-refractivity contribution in [3.63, 3.8) is 0 Å². The molecule has 0 aromatic heterocycles. The van der Waals surface area contributed by atoms with E-state index in [4.69, 9.17) is 4.84 Å². The van der Waals surface area contributed by atoms with Gasteiger partial charge < -0.3 is 10.2 Å². The van der Waals surface area contributed by atoms with Crippen molar-refractivity contribution >= 4 is 39.5 Å². The summed E-state index contributed by atoms with van der Waals surface area (Å²) < 4.78 is 0. The Labute approximate surface area is 162 Å². The van der Waals surface area contributed by atoms with Gasteiger partial charge in [0.1, 0.15) is 0 Å². The van der Waals surface area contributed by atoms with E-state index in [1.54, 1.807) is 0 Å². The van der Waals surface area contributed by atoms with E-state index < -0.39 is 17.9 Å². The molecule has 3 amide bonds. The monoisotopic (exact) mass is 376 g/mol. The molecule has 1 saturated heterocycles. The molecule has 1 aliphatic heterocycles. The largest absolute Gasteiger partial charge is 0.432 e. The lowest BCUT2D eigenvalue weighted by molar-refractivity contribution is -0.171. The van der Waals surface area contributed by atoms with Crippen LogP contribution < -0.4 is 5.32 Å². The Morgan fingerprint density at radius 3 is 2.21 bits per heavy atom. The number of rotatable bonds is 4. The van der Waals surface area contributed by atoms with Gasteiger partial charge in [-0.3, -0.25) is 9.59 Å². The van der Waals surface area contributed by atoms with E-state index in [0.29, 0.717) is 11.5 Å². The number of benzene rings is 3. The molecule has 6 heteroatoms. The Balaban J connectivity index is 1.56. The molecule has 0 aliphatic carbocycles. The molecule has 142 valence electrons. The van der Waals surface area contributed by atoms with Gasteiger partial charge in [0.15, 0.2) is 0 Å². The number of nitrogens with zero attached hydrogens (tertiary/aromatic N) is 1. The molecule has 1 aliphatic rings. The average Bonchev–Trinajstić information content (AvgIpc) is 3.02. The van der Waals surface area contributed by atoms with Crippen LogP contribution in [0.15, 0.2) is 54.6 Å². The molecule has 6 nitrogen and oxygen atoms in total. The number of amides is 3. The van der Waals surface area contributed by atoms with Crippen LogP contribution >= 0.6 is 0 Å². The molecule has 28 heavy (non-hydrogen) atoms. The van der Waals surface area contributed by atoms with Crippen LogP contribution in [-0.4, -0.2) is 23.0 Å². The molecule has 1 heterocycles. The van der Waals surface area contributed by atoms with Crippen LogP contribution in [0.5, 0.6) is 0 Å². The lowest BCUT2D eigenvalue weighted by atomic mass is 9.98. The van der Waals surface area contributed by atoms with Gasteiger partial charge >= 0.3 is 6.09 Å². The van der Waals surface area contributed by atoms with Gasteiger partial charge in [0.25, 0.3) is 11.8 Å². The van der Waals surface area contributed by atoms with Crippen LogP contribution in [0.3, 0.4) is 0 Å². The highest BCUT2D eigenvalue weighted by Crippen LogP contribution is 2.27. The Bertz CT molecular complexity index is 1080. The number of fused-ring (bicyclic) bond motifs is 2. The van der Waals surface area contributed by atoms with Crippen molar-refractivity contribution in [2.45, 2.75) is 32.2 Å². The highest BCUT2D eigenvalue weighted by Gasteiger charge is 2.33. The van der Waals surface area contributed by atoms with Gasteiger partial charge in [-0.2, -0.15) is 0 Å². The number of carbonyl (C=O) groups is 3. The van der Waals surface area contributed by atoms with E-state index >= 15 is 0 Å². The minimum Gasteiger partial charge on any atom is -0.313 e. The van der Waals surface area contributed by atoms with E-state index in [0.717, 1.165) is 21.7 Å². The van der Waals surface area contributed by atoms with Gasteiger partial charge in [-0.25, -0.2) is 4.79 Å². The van der Waals surface area contributed by atoms with E-state index in [1.807, 2.05) is 37.3 Å². The molecule has 0 spiro atoms. The summed E-state index contributed by atoms with van der Waals surface area (Å²) in [5.74, 6) is -0.989. The smallest absolute Gasteiger partial charge is 0.313 e. The molecule has 1 unspecified atom stereocenters. The van der Waals surface area contributed by atoms with Crippen LogP contribution in [0.4, 0.5) is 4.79 Å². The lowest BCUT2D eigenvalue weighted by Gasteiger charge is -2.19. The van der Waals surface area contributed by atoms with Crippen LogP contribution in [0.25, 0.3) is 21.5 Å². The van der Waals surface area contributed by atoms with Crippen molar-refractivity contribution in [1.82, 2.24) is 10.4 Å². The number of hydrogen-bond acceptors (Lipinski definition) is 4. The normalized spacial score (nSPS) is 15.2. The van der Waals surface area contributed by atoms with Gasteiger partial charge in [-0.05, 0) is 51.7 Å². The van der Waals surface area contributed by atoms with Gasteiger partial charge in [-0.15, -0.1) is 5.06 Å². The minimum atomic E-state index is -0.811. The van der Waals surface area contributed by atoms with Gasteiger partial charge in [0.05, 0.1) is 6.04 Å². The third-order valence-corrected chi connectivity index (χ3v) is 5.01. The number of nitrogens with one attached hydrogen (secondary N) is 1. The van der Waals surface area contributed by atoms with Crippen molar-refractivity contribution < 1.29 is 19.2 Å². The fourth-order valence-electron chi connectivity index (χ4n) is 3.51. The van der Waals surface area contributed by atoms with E-state index in [2.05, 4.69) is 29.6 Å². The second-order valence-corrected chi connectivity index (χ2v) is 6.87. The summed E-state index contributed by atoms with van der Waals surface area (Å²) in [6, 6.07) is 18.2. The van der Waals surface area contributed by atoms with Crippen molar-refractivity contribution in [1.29, 1.82) is 0 Å². The Hall–Kier alpha value is -3.41. The summed E-state index contributed by atoms with van der Waals surface area (Å²) in [5.41, 5.74) is 0.932. The van der Waals surface area contributed by atoms with Gasteiger partial charge in [0.2, 0.25) is 0 Å². The Morgan fingerprint density at radius 2 is 1.57 bits per heavy atom. The molecule has 0 radical (unpaired) electrons. The first kappa shape index (κ1) is 18.0. The Morgan fingerprint density at radius 1 is 0.964 bits per heavy atom. The Kier molecular flexibility index (Phi) is 4.69. The standard InChI is InChI=1S/C22H20N2O4/c1-2-19(23-22(27)28-24-20(25)9-10-21(24)26)17-8-7-16-11-14-5-3-4-6-15(14)12-18(16)13-17/h3-8,11-13,19H,2,9-10H2,1H3,(H,23,27). The van der Waals surface area contributed by atoms with Gasteiger partial charge in [0, 0.05) is 12.8 Å². The highest BCUT2D eigenvalue weighted by atomic mass is 16.7. The van der Waals surface area contributed by atoms with Gasteiger partial charge in [-0.1, -0.05) is 43.3 Å². The quantitative estimate of drug-likeness (QED) is 0.546. The molecule has 1 fully saturated rings. The fourth-order valence-corrected chi connectivity index (χ4v) is 3.51. The van der Waals surface area contributed by atoms with Crippen LogP contribution in [0, 0.1) is 0 Å². The molecule has 3 aromatic rings. The molecule has 3 aromatic carbocycles. The SMILES string of the molecule is CCC(NC(=O)ON1C(=O)CCC1=O)c1ccc2cc3ccccc3cc2c1. The summed E-state index contributed by atoms with van der Waals surface area (Å²) in [7, 11) is 0. The first-order valence-corrected chi connectivity index (χ1v) is 9.32. The molecule has 1 N–H and O–H groups in total. The topological polar surface area (TPSA) is 75.7 Å². The van der Waals surface area contributed by atoms with Crippen molar-refractivity contribution in [2.75, 3.05) is 0 Å². The highest BCUT2D eigenvalue weighted by molar-refractivity contribution is 6.01. The third-order valence-electron chi connectivity index (χ3n) is 5.01. The third kappa shape index (κ3) is 3.41. The first-order chi connectivity index (χ1) is 13.5. The summed E-state index contributed by atoms with van der Waals surface area (Å²) in [6.07, 6.45) is -0.0333. The zero-order chi connectivity index (χ0) is 19.7. The number of carbonyl (C=O) groups excluding carboxylic acids is 3. The number of hydroxylamine groups is 2. The summed E-state index contributed by atoms with van der Waals surface area (Å²) in [5, 5.41) is 7.82. The van der Waals surface area contributed by atoms with Crippen LogP contribution in [0.1, 0.15) is 37.8 Å². The predicted molar refractivity (Wildman–Crippen MR) is 105 cm³/mol. The number of imide groups is 1. The molecule has 0 saturated carbocycles. The van der Waals surface area contributed by atoms with Crippen molar-refractivity contribution in [3.8, 4) is 0 Å². The molecule has 0 bridgehead atoms. The average molecular weight is 376 g/mol. The minimum absolute atomic E-state index is 0.0714. The predicted octanol–water partition coefficient (Wildman–Crippen LogP) is 4.23. The van der Waals surface area contributed by atoms with E-state index in [9.17, 15) is 14.4 Å². The maximum atomic E-state index is 12.2. The van der Waals surface area contributed by atoms with Crippen LogP contribution in [0.2, 0.25) is 0 Å². The zero-order valence-electron chi connectivity index (χ0n) is 15.5. The van der Waals surface area contributed by atoms with Crippen molar-refractivity contribution in [2.24, 2.45) is 0 Å². The fraction of sp³-hybridized carbons (Fsp3) is 0.227. The summed E-state index contributed by atoms with van der Waals surface area (Å²) in [6.45, 7) is 1.95. The maximum Gasteiger partial charge on any atom is 0.432 e. The van der Waals surface area contributed by atoms with Crippen molar-refractivity contribution in [3.05, 3.63) is 60.2 Å². The van der Waals surface area contributed by atoms with E-state index in [-0.39, 0.29) is 18.9 Å². The second kappa shape index (κ2) is 7.31. The molecule has 4 rings (SSSR count). The lowest BCUT2D eigenvalue weighted by Crippen LogP contribution is -2.38. The maximum absolute atomic E-state index is 12.2. The van der Waals surface area contributed by atoms with Crippen LogP contribution in [-0.2, 0) is 14.4 Å². The second-order valence-electron chi connectivity index (χ2n) is 6.87. The first-order valence-electron chi connectivity index (χ1n) is 9.32. The molecule has 1 atom stereocenters. The van der Waals surface area contributed by atoms with E-state index in [1.165, 1.54) is 5.39 Å². The molecular formula is C22H20N2O4. The summed E-state index contributed by atoms with van der Waals surface area (Å²) in [4.78, 5) is 40.3. The zero-order valence-corrected chi connectivity index (χ0v) is 15.5. The molecular weight excluding hydrogens is 356 g/mol. The summed E-state index contributed by atoms with van der Waals surface area (Å²) >= 11 is 0.